The van der Waals surface area contributed by atoms with Gasteiger partial charge in [0, 0.05) is 0 Å². The van der Waals surface area contributed by atoms with E-state index in [9.17, 15) is 13.2 Å². The van der Waals surface area contributed by atoms with Gasteiger partial charge in [-0.25, -0.2) is 0 Å². The Morgan fingerprint density at radius 2 is 1.63 bits per heavy atom. The molecule has 19 heavy (non-hydrogen) atoms. The predicted octanol–water partition coefficient (Wildman–Crippen LogP) is 4.16. The van der Waals surface area contributed by atoms with E-state index in [-0.39, 0.29) is 0 Å². The van der Waals surface area contributed by atoms with Crippen molar-refractivity contribution < 1.29 is 13.2 Å². The second-order valence-corrected chi connectivity index (χ2v) is 5.51. The Bertz CT molecular complexity index is 402. The molecule has 1 fully saturated rings. The third kappa shape index (κ3) is 3.50. The third-order valence-corrected chi connectivity index (χ3v) is 4.12. The molecule has 1 atom stereocenters. The molecule has 1 heterocycles. The van der Waals surface area contributed by atoms with Crippen molar-refractivity contribution in [2.45, 2.75) is 37.8 Å². The van der Waals surface area contributed by atoms with E-state index in [2.05, 4.69) is 11.9 Å². The van der Waals surface area contributed by atoms with Gasteiger partial charge < -0.3 is 4.90 Å². The van der Waals surface area contributed by atoms with Crippen molar-refractivity contribution in [2.24, 2.45) is 0 Å². The van der Waals surface area contributed by atoms with Crippen LogP contribution in [0.3, 0.4) is 0 Å². The molecule has 1 unspecified atom stereocenters. The summed E-state index contributed by atoms with van der Waals surface area (Å²) in [5.74, 6) is -0.898. The van der Waals surface area contributed by atoms with Crippen LogP contribution in [0.2, 0.25) is 0 Å². The second-order valence-electron chi connectivity index (χ2n) is 5.51. The van der Waals surface area contributed by atoms with Gasteiger partial charge in [0.1, 0.15) is 0 Å². The SMILES string of the molecule is CC(c1ccc(C2CCN(C)CC2)cc1)C(F)(F)F. The summed E-state index contributed by atoms with van der Waals surface area (Å²) in [6, 6.07) is 7.00. The van der Waals surface area contributed by atoms with Crippen LogP contribution in [-0.4, -0.2) is 31.2 Å². The number of likely N-dealkylation sites (tertiary alicyclic amines) is 1. The number of hydrogen-bond donors (Lipinski definition) is 0. The zero-order valence-electron chi connectivity index (χ0n) is 11.4. The van der Waals surface area contributed by atoms with Crippen LogP contribution in [0, 0.1) is 0 Å². The molecule has 0 radical (unpaired) electrons. The van der Waals surface area contributed by atoms with Crippen molar-refractivity contribution in [3.63, 3.8) is 0 Å². The van der Waals surface area contributed by atoms with E-state index in [4.69, 9.17) is 0 Å². The lowest BCUT2D eigenvalue weighted by Gasteiger charge is -2.29. The minimum Gasteiger partial charge on any atom is -0.306 e. The monoisotopic (exact) mass is 271 g/mol. The highest BCUT2D eigenvalue weighted by Crippen LogP contribution is 2.35. The third-order valence-electron chi connectivity index (χ3n) is 4.12. The molecule has 1 nitrogen and oxygen atoms in total. The summed E-state index contributed by atoms with van der Waals surface area (Å²) in [6.45, 7) is 3.33. The first-order chi connectivity index (χ1) is 8.88. The Balaban J connectivity index is 2.06. The highest BCUT2D eigenvalue weighted by Gasteiger charge is 2.36. The predicted molar refractivity (Wildman–Crippen MR) is 70.4 cm³/mol. The van der Waals surface area contributed by atoms with Gasteiger partial charge in [-0.15, -0.1) is 0 Å². The highest BCUT2D eigenvalue weighted by atomic mass is 19.4. The Morgan fingerprint density at radius 3 is 2.11 bits per heavy atom. The van der Waals surface area contributed by atoms with Gasteiger partial charge in [-0.05, 0) is 56.9 Å². The van der Waals surface area contributed by atoms with Gasteiger partial charge in [0.15, 0.2) is 0 Å². The number of nitrogens with zero attached hydrogens (tertiary/aromatic N) is 1. The van der Waals surface area contributed by atoms with Crippen LogP contribution in [0.25, 0.3) is 0 Å². The molecule has 1 saturated heterocycles. The minimum absolute atomic E-state index is 0.351. The van der Waals surface area contributed by atoms with E-state index >= 15 is 0 Å². The number of hydrogen-bond acceptors (Lipinski definition) is 1. The number of alkyl halides is 3. The summed E-state index contributed by atoms with van der Waals surface area (Å²) in [5, 5.41) is 0. The normalized spacial score (nSPS) is 20.5. The van der Waals surface area contributed by atoms with Crippen LogP contribution in [-0.2, 0) is 0 Å². The second kappa shape index (κ2) is 5.53. The largest absolute Gasteiger partial charge is 0.395 e. The maximum Gasteiger partial charge on any atom is 0.395 e. The van der Waals surface area contributed by atoms with Gasteiger partial charge in [0.2, 0.25) is 0 Å². The molecule has 4 heteroatoms. The molecule has 0 bridgehead atoms. The molecular formula is C15H20F3N. The van der Waals surface area contributed by atoms with Crippen molar-refractivity contribution in [3.05, 3.63) is 35.4 Å². The molecule has 0 aliphatic carbocycles. The molecular weight excluding hydrogens is 251 g/mol. The topological polar surface area (TPSA) is 3.24 Å². The molecule has 1 aromatic rings. The van der Waals surface area contributed by atoms with Crippen LogP contribution < -0.4 is 0 Å². The summed E-state index contributed by atoms with van der Waals surface area (Å²) in [6.07, 6.45) is -1.98. The minimum atomic E-state index is -4.16. The molecule has 2 rings (SSSR count). The Kier molecular flexibility index (Phi) is 4.19. The molecule has 0 amide bonds. The first-order valence-electron chi connectivity index (χ1n) is 6.73. The van der Waals surface area contributed by atoms with E-state index in [0.29, 0.717) is 11.5 Å². The smallest absolute Gasteiger partial charge is 0.306 e. The van der Waals surface area contributed by atoms with Crippen molar-refractivity contribution in [3.8, 4) is 0 Å². The van der Waals surface area contributed by atoms with Gasteiger partial charge in [-0.3, -0.25) is 0 Å². The zero-order chi connectivity index (χ0) is 14.0. The molecule has 1 aromatic carbocycles. The van der Waals surface area contributed by atoms with Crippen LogP contribution in [0.1, 0.15) is 42.7 Å². The highest BCUT2D eigenvalue weighted by molar-refractivity contribution is 5.28. The molecule has 106 valence electrons. The average Bonchev–Trinajstić information content (AvgIpc) is 2.38. The molecule has 1 aliphatic rings. The summed E-state index contributed by atoms with van der Waals surface area (Å²) in [5.41, 5.74) is 1.52. The average molecular weight is 271 g/mol. The van der Waals surface area contributed by atoms with Gasteiger partial charge in [0.25, 0.3) is 0 Å². The van der Waals surface area contributed by atoms with Crippen molar-refractivity contribution in [2.75, 3.05) is 20.1 Å². The maximum absolute atomic E-state index is 12.6. The van der Waals surface area contributed by atoms with E-state index in [1.165, 1.54) is 12.5 Å². The van der Waals surface area contributed by atoms with Crippen LogP contribution in [0.5, 0.6) is 0 Å². The van der Waals surface area contributed by atoms with Gasteiger partial charge >= 0.3 is 6.18 Å². The lowest BCUT2D eigenvalue weighted by atomic mass is 9.88. The summed E-state index contributed by atoms with van der Waals surface area (Å²) >= 11 is 0. The molecule has 0 saturated carbocycles. The number of piperidine rings is 1. The van der Waals surface area contributed by atoms with Crippen LogP contribution in [0.4, 0.5) is 13.2 Å². The summed E-state index contributed by atoms with van der Waals surface area (Å²) in [4.78, 5) is 2.29. The number of rotatable bonds is 2. The zero-order valence-corrected chi connectivity index (χ0v) is 11.4. The van der Waals surface area contributed by atoms with Crippen molar-refractivity contribution >= 4 is 0 Å². The maximum atomic E-state index is 12.6. The van der Waals surface area contributed by atoms with Gasteiger partial charge in [-0.2, -0.15) is 13.2 Å². The van der Waals surface area contributed by atoms with E-state index in [1.54, 1.807) is 12.1 Å². The standard InChI is InChI=1S/C15H20F3N/c1-11(15(16,17)18)12-3-5-13(6-4-12)14-7-9-19(2)10-8-14/h3-6,11,14H,7-10H2,1-2H3. The molecule has 0 aromatic heterocycles. The lowest BCUT2D eigenvalue weighted by Crippen LogP contribution is -2.29. The van der Waals surface area contributed by atoms with Gasteiger partial charge in [-0.1, -0.05) is 24.3 Å². The fourth-order valence-corrected chi connectivity index (χ4v) is 2.59. The Labute approximate surface area is 112 Å². The fraction of sp³-hybridized carbons (Fsp3) is 0.600. The fourth-order valence-electron chi connectivity index (χ4n) is 2.59. The number of benzene rings is 1. The van der Waals surface area contributed by atoms with E-state index in [1.807, 2.05) is 12.1 Å². The molecule has 1 aliphatic heterocycles. The summed E-state index contributed by atoms with van der Waals surface area (Å²) in [7, 11) is 2.10. The Morgan fingerprint density at radius 1 is 1.11 bits per heavy atom. The molecule has 0 spiro atoms. The van der Waals surface area contributed by atoms with Crippen molar-refractivity contribution in [1.82, 2.24) is 4.90 Å². The van der Waals surface area contributed by atoms with Crippen molar-refractivity contribution in [1.29, 1.82) is 0 Å². The van der Waals surface area contributed by atoms with Crippen LogP contribution in [0.15, 0.2) is 24.3 Å². The van der Waals surface area contributed by atoms with Crippen LogP contribution >= 0.6 is 0 Å². The first kappa shape index (κ1) is 14.4. The van der Waals surface area contributed by atoms with E-state index < -0.39 is 12.1 Å². The lowest BCUT2D eigenvalue weighted by molar-refractivity contribution is -0.146. The summed E-state index contributed by atoms with van der Waals surface area (Å²) < 4.78 is 37.9. The number of halogens is 3. The van der Waals surface area contributed by atoms with Gasteiger partial charge in [0.05, 0.1) is 5.92 Å². The first-order valence-corrected chi connectivity index (χ1v) is 6.73. The quantitative estimate of drug-likeness (QED) is 0.780. The Hall–Kier alpha value is -1.03. The molecule has 0 N–H and O–H groups in total. The van der Waals surface area contributed by atoms with E-state index in [0.717, 1.165) is 25.9 Å².